The van der Waals surface area contributed by atoms with E-state index in [-0.39, 0.29) is 5.91 Å². The zero-order valence-corrected chi connectivity index (χ0v) is 9.47. The average molecular weight is 209 g/mol. The van der Waals surface area contributed by atoms with Crippen LogP contribution in [0.25, 0.3) is 0 Å². The lowest BCUT2D eigenvalue weighted by atomic mass is 9.96. The first-order valence-electron chi connectivity index (χ1n) is 5.42. The van der Waals surface area contributed by atoms with Crippen LogP contribution in [0.5, 0.6) is 0 Å². The predicted molar refractivity (Wildman–Crippen MR) is 58.0 cm³/mol. The Morgan fingerprint density at radius 3 is 2.73 bits per heavy atom. The van der Waals surface area contributed by atoms with Crippen molar-refractivity contribution in [1.29, 1.82) is 5.26 Å². The van der Waals surface area contributed by atoms with E-state index in [2.05, 4.69) is 16.7 Å². The van der Waals surface area contributed by atoms with Crippen molar-refractivity contribution in [3.63, 3.8) is 0 Å². The summed E-state index contributed by atoms with van der Waals surface area (Å²) < 4.78 is 0. The van der Waals surface area contributed by atoms with E-state index in [0.717, 1.165) is 12.5 Å². The molecule has 1 aliphatic rings. The first kappa shape index (κ1) is 12.0. The van der Waals surface area contributed by atoms with Gasteiger partial charge in [0, 0.05) is 6.54 Å². The molecule has 4 nitrogen and oxygen atoms in total. The van der Waals surface area contributed by atoms with Gasteiger partial charge in [0.15, 0.2) is 0 Å². The lowest BCUT2D eigenvalue weighted by molar-refractivity contribution is -0.120. The second-order valence-electron chi connectivity index (χ2n) is 4.85. The molecule has 0 saturated heterocycles. The minimum Gasteiger partial charge on any atom is -0.353 e. The van der Waals surface area contributed by atoms with E-state index in [1.54, 1.807) is 0 Å². The summed E-state index contributed by atoms with van der Waals surface area (Å²) in [7, 11) is 0. The first-order chi connectivity index (χ1) is 7.03. The highest BCUT2D eigenvalue weighted by molar-refractivity contribution is 5.78. The van der Waals surface area contributed by atoms with Gasteiger partial charge in [0.25, 0.3) is 0 Å². The predicted octanol–water partition coefficient (Wildman–Crippen LogP) is 0.652. The normalized spacial score (nSPS) is 15.8. The third-order valence-corrected chi connectivity index (χ3v) is 2.45. The smallest absolute Gasteiger partial charge is 0.234 e. The third kappa shape index (κ3) is 5.38. The Kier molecular flexibility index (Phi) is 4.10. The summed E-state index contributed by atoms with van der Waals surface area (Å²) in [6.07, 6.45) is 2.58. The van der Waals surface area contributed by atoms with Crippen molar-refractivity contribution in [2.24, 2.45) is 11.3 Å². The Bertz CT molecular complexity index is 263. The second-order valence-corrected chi connectivity index (χ2v) is 4.85. The summed E-state index contributed by atoms with van der Waals surface area (Å²) in [5.74, 6) is 0.757. The van der Waals surface area contributed by atoms with E-state index in [9.17, 15) is 4.79 Å². The number of nitrogens with zero attached hydrogens (tertiary/aromatic N) is 1. The number of carbonyl (C=O) groups excluding carboxylic acids is 1. The van der Waals surface area contributed by atoms with Crippen LogP contribution < -0.4 is 10.6 Å². The van der Waals surface area contributed by atoms with Crippen molar-refractivity contribution in [2.75, 3.05) is 19.6 Å². The van der Waals surface area contributed by atoms with Crippen LogP contribution in [-0.2, 0) is 4.79 Å². The fourth-order valence-electron chi connectivity index (χ4n) is 1.13. The molecule has 0 spiro atoms. The van der Waals surface area contributed by atoms with Crippen LogP contribution in [0.3, 0.4) is 0 Å². The van der Waals surface area contributed by atoms with Crippen LogP contribution in [0.1, 0.15) is 26.7 Å². The Hall–Kier alpha value is -1.08. The van der Waals surface area contributed by atoms with E-state index in [1.807, 2.05) is 13.8 Å². The zero-order valence-electron chi connectivity index (χ0n) is 9.47. The molecule has 0 bridgehead atoms. The van der Waals surface area contributed by atoms with Crippen LogP contribution >= 0.6 is 0 Å². The van der Waals surface area contributed by atoms with E-state index in [1.165, 1.54) is 12.8 Å². The van der Waals surface area contributed by atoms with Gasteiger partial charge < -0.3 is 10.6 Å². The SMILES string of the molecule is CC(C)(C#N)CNC(=O)CNCC1CC1. The molecule has 2 N–H and O–H groups in total. The highest BCUT2D eigenvalue weighted by Crippen LogP contribution is 2.27. The molecule has 1 amide bonds. The third-order valence-electron chi connectivity index (χ3n) is 2.45. The Balaban J connectivity index is 2.05. The maximum Gasteiger partial charge on any atom is 0.234 e. The Morgan fingerprint density at radius 1 is 1.53 bits per heavy atom. The van der Waals surface area contributed by atoms with Gasteiger partial charge in [-0.15, -0.1) is 0 Å². The largest absolute Gasteiger partial charge is 0.353 e. The average Bonchev–Trinajstić information content (AvgIpc) is 2.99. The highest BCUT2D eigenvalue weighted by atomic mass is 16.1. The molecule has 0 aromatic carbocycles. The summed E-state index contributed by atoms with van der Waals surface area (Å²) in [6, 6.07) is 2.15. The molecule has 1 rings (SSSR count). The molecule has 1 aliphatic carbocycles. The van der Waals surface area contributed by atoms with Crippen molar-refractivity contribution >= 4 is 5.91 Å². The van der Waals surface area contributed by atoms with Gasteiger partial charge in [0.2, 0.25) is 5.91 Å². The zero-order chi connectivity index (χ0) is 11.3. The monoisotopic (exact) mass is 209 g/mol. The standard InChI is InChI=1S/C11H19N3O/c1-11(2,7-12)8-14-10(15)6-13-5-9-3-4-9/h9,13H,3-6,8H2,1-2H3,(H,14,15). The van der Waals surface area contributed by atoms with Gasteiger partial charge in [-0.25, -0.2) is 0 Å². The van der Waals surface area contributed by atoms with Gasteiger partial charge in [-0.05, 0) is 39.2 Å². The minimum absolute atomic E-state index is 0.0287. The van der Waals surface area contributed by atoms with Crippen molar-refractivity contribution in [1.82, 2.24) is 10.6 Å². The Labute approximate surface area is 91.0 Å². The van der Waals surface area contributed by atoms with Crippen molar-refractivity contribution in [3.8, 4) is 6.07 Å². The molecule has 15 heavy (non-hydrogen) atoms. The highest BCUT2D eigenvalue weighted by Gasteiger charge is 2.21. The number of nitrogens with one attached hydrogen (secondary N) is 2. The van der Waals surface area contributed by atoms with Gasteiger partial charge in [-0.3, -0.25) is 4.79 Å². The second kappa shape index (κ2) is 5.13. The van der Waals surface area contributed by atoms with Crippen molar-refractivity contribution < 1.29 is 4.79 Å². The fraction of sp³-hybridized carbons (Fsp3) is 0.818. The number of nitriles is 1. The molecule has 1 saturated carbocycles. The van der Waals surface area contributed by atoms with Crippen LogP contribution in [0, 0.1) is 22.7 Å². The molecule has 0 aromatic rings. The molecule has 0 aromatic heterocycles. The molecule has 0 heterocycles. The number of rotatable bonds is 6. The number of hydrogen-bond donors (Lipinski definition) is 2. The molecular formula is C11H19N3O. The Morgan fingerprint density at radius 2 is 2.20 bits per heavy atom. The molecule has 1 fully saturated rings. The maximum atomic E-state index is 11.3. The molecular weight excluding hydrogens is 190 g/mol. The van der Waals surface area contributed by atoms with Gasteiger partial charge in [-0.2, -0.15) is 5.26 Å². The minimum atomic E-state index is -0.480. The summed E-state index contributed by atoms with van der Waals surface area (Å²) in [5.41, 5.74) is -0.480. The summed E-state index contributed by atoms with van der Waals surface area (Å²) in [4.78, 5) is 11.3. The van der Waals surface area contributed by atoms with Gasteiger partial charge >= 0.3 is 0 Å². The van der Waals surface area contributed by atoms with Crippen LogP contribution in [-0.4, -0.2) is 25.5 Å². The van der Waals surface area contributed by atoms with Crippen LogP contribution in [0.15, 0.2) is 0 Å². The van der Waals surface area contributed by atoms with Gasteiger partial charge in [-0.1, -0.05) is 0 Å². The first-order valence-corrected chi connectivity index (χ1v) is 5.42. The van der Waals surface area contributed by atoms with E-state index in [4.69, 9.17) is 5.26 Å². The topological polar surface area (TPSA) is 64.9 Å². The molecule has 0 unspecified atom stereocenters. The van der Waals surface area contributed by atoms with Crippen molar-refractivity contribution in [3.05, 3.63) is 0 Å². The van der Waals surface area contributed by atoms with E-state index in [0.29, 0.717) is 13.1 Å². The number of hydrogen-bond acceptors (Lipinski definition) is 3. The van der Waals surface area contributed by atoms with E-state index < -0.39 is 5.41 Å². The van der Waals surface area contributed by atoms with Crippen LogP contribution in [0.4, 0.5) is 0 Å². The molecule has 0 atom stereocenters. The van der Waals surface area contributed by atoms with Crippen molar-refractivity contribution in [2.45, 2.75) is 26.7 Å². The molecule has 0 aliphatic heterocycles. The van der Waals surface area contributed by atoms with Gasteiger partial charge in [0.1, 0.15) is 0 Å². The molecule has 4 heteroatoms. The lowest BCUT2D eigenvalue weighted by Gasteiger charge is -2.15. The molecule has 0 radical (unpaired) electrons. The number of carbonyl (C=O) groups is 1. The molecule has 84 valence electrons. The van der Waals surface area contributed by atoms with E-state index >= 15 is 0 Å². The van der Waals surface area contributed by atoms with Crippen LogP contribution in [0.2, 0.25) is 0 Å². The lowest BCUT2D eigenvalue weighted by Crippen LogP contribution is -2.39. The fourth-order valence-corrected chi connectivity index (χ4v) is 1.13. The summed E-state index contributed by atoms with van der Waals surface area (Å²) >= 11 is 0. The maximum absolute atomic E-state index is 11.3. The summed E-state index contributed by atoms with van der Waals surface area (Å²) in [5, 5.41) is 14.6. The quantitative estimate of drug-likeness (QED) is 0.675. The number of amides is 1. The van der Waals surface area contributed by atoms with Gasteiger partial charge in [0.05, 0.1) is 18.0 Å². The summed E-state index contributed by atoms with van der Waals surface area (Å²) in [6.45, 7) is 5.33.